The standard InChI is InChI=1S/C11H19NO5/c1-2-3-7-17-10(16)11(9(14)15)8(13)5-4-6-12-11/h8,12-13H,2-7H2,1H3,(H,14,15). The maximum atomic E-state index is 11.8. The number of ether oxygens (including phenoxy) is 1. The van der Waals surface area contributed by atoms with E-state index >= 15 is 0 Å². The van der Waals surface area contributed by atoms with E-state index in [9.17, 15) is 14.7 Å². The predicted octanol–water partition coefficient (Wildman–Crippen LogP) is -0.103. The van der Waals surface area contributed by atoms with E-state index in [1.807, 2.05) is 6.92 Å². The number of carboxylic acid groups (broad SMARTS) is 1. The van der Waals surface area contributed by atoms with Gasteiger partial charge in [-0.15, -0.1) is 0 Å². The first-order valence-electron chi connectivity index (χ1n) is 5.89. The number of nitrogens with one attached hydrogen (secondary N) is 1. The molecule has 0 radical (unpaired) electrons. The fraction of sp³-hybridized carbons (Fsp3) is 0.818. The first-order valence-corrected chi connectivity index (χ1v) is 5.89. The van der Waals surface area contributed by atoms with Crippen molar-refractivity contribution in [1.82, 2.24) is 5.32 Å². The van der Waals surface area contributed by atoms with Gasteiger partial charge in [0.15, 0.2) is 0 Å². The number of hydrogen-bond donors (Lipinski definition) is 3. The van der Waals surface area contributed by atoms with Crippen LogP contribution >= 0.6 is 0 Å². The lowest BCUT2D eigenvalue weighted by molar-refractivity contribution is -0.172. The molecule has 1 aliphatic rings. The highest BCUT2D eigenvalue weighted by molar-refractivity contribution is 6.05. The normalized spacial score (nSPS) is 28.7. The average molecular weight is 245 g/mol. The number of esters is 1. The maximum Gasteiger partial charge on any atom is 0.340 e. The number of carbonyl (C=O) groups is 2. The summed E-state index contributed by atoms with van der Waals surface area (Å²) in [7, 11) is 0. The quantitative estimate of drug-likeness (QED) is 0.355. The number of aliphatic carboxylic acids is 1. The van der Waals surface area contributed by atoms with Crippen LogP contribution in [0.15, 0.2) is 0 Å². The lowest BCUT2D eigenvalue weighted by atomic mass is 9.86. The summed E-state index contributed by atoms with van der Waals surface area (Å²) in [5, 5.41) is 21.5. The Kier molecular flexibility index (Phi) is 4.89. The van der Waals surface area contributed by atoms with Crippen molar-refractivity contribution in [2.75, 3.05) is 13.2 Å². The van der Waals surface area contributed by atoms with Gasteiger partial charge in [0.2, 0.25) is 5.54 Å². The fourth-order valence-electron chi connectivity index (χ4n) is 1.85. The van der Waals surface area contributed by atoms with E-state index in [4.69, 9.17) is 9.84 Å². The van der Waals surface area contributed by atoms with Crippen LogP contribution in [-0.4, -0.2) is 46.9 Å². The average Bonchev–Trinajstić information content (AvgIpc) is 2.29. The third-order valence-corrected chi connectivity index (χ3v) is 2.95. The number of carboxylic acids is 1. The third-order valence-electron chi connectivity index (χ3n) is 2.95. The molecular formula is C11H19NO5. The molecule has 1 saturated heterocycles. The number of piperidine rings is 1. The molecule has 0 bridgehead atoms. The van der Waals surface area contributed by atoms with Crippen LogP contribution in [0.1, 0.15) is 32.6 Å². The van der Waals surface area contributed by atoms with Gasteiger partial charge in [0.05, 0.1) is 12.7 Å². The predicted molar refractivity (Wildman–Crippen MR) is 59.5 cm³/mol. The lowest BCUT2D eigenvalue weighted by Crippen LogP contribution is -2.68. The Morgan fingerprint density at radius 1 is 1.53 bits per heavy atom. The molecule has 6 heteroatoms. The van der Waals surface area contributed by atoms with Gasteiger partial charge in [-0.05, 0) is 25.8 Å². The van der Waals surface area contributed by atoms with Crippen LogP contribution in [0.2, 0.25) is 0 Å². The highest BCUT2D eigenvalue weighted by Crippen LogP contribution is 2.22. The Bertz CT molecular complexity index is 294. The topological polar surface area (TPSA) is 95.9 Å². The molecule has 2 atom stereocenters. The van der Waals surface area contributed by atoms with Crippen LogP contribution in [0.3, 0.4) is 0 Å². The highest BCUT2D eigenvalue weighted by Gasteiger charge is 2.54. The number of carbonyl (C=O) groups excluding carboxylic acids is 1. The van der Waals surface area contributed by atoms with Crippen LogP contribution in [-0.2, 0) is 14.3 Å². The van der Waals surface area contributed by atoms with Crippen LogP contribution < -0.4 is 5.32 Å². The molecule has 98 valence electrons. The molecule has 0 aliphatic carbocycles. The number of aliphatic hydroxyl groups is 1. The molecule has 0 spiro atoms. The SMILES string of the molecule is CCCCOC(=O)C1(C(=O)O)NCCCC1O. The zero-order chi connectivity index (χ0) is 12.9. The second kappa shape index (κ2) is 5.97. The molecule has 17 heavy (non-hydrogen) atoms. The maximum absolute atomic E-state index is 11.8. The van der Waals surface area contributed by atoms with Crippen molar-refractivity contribution < 1.29 is 24.5 Å². The van der Waals surface area contributed by atoms with Crippen molar-refractivity contribution in [3.05, 3.63) is 0 Å². The summed E-state index contributed by atoms with van der Waals surface area (Å²) in [5.74, 6) is -2.28. The molecule has 3 N–H and O–H groups in total. The van der Waals surface area contributed by atoms with E-state index in [0.717, 1.165) is 6.42 Å². The molecule has 1 fully saturated rings. The first-order chi connectivity index (χ1) is 8.05. The third kappa shape index (κ3) is 2.76. The number of hydrogen-bond acceptors (Lipinski definition) is 5. The van der Waals surface area contributed by atoms with E-state index in [2.05, 4.69) is 5.32 Å². The molecular weight excluding hydrogens is 226 g/mol. The Morgan fingerprint density at radius 2 is 2.24 bits per heavy atom. The largest absolute Gasteiger partial charge is 0.479 e. The molecule has 0 aromatic carbocycles. The van der Waals surface area contributed by atoms with Gasteiger partial charge < -0.3 is 14.9 Å². The highest BCUT2D eigenvalue weighted by atomic mass is 16.5. The van der Waals surface area contributed by atoms with Crippen molar-refractivity contribution in [3.8, 4) is 0 Å². The summed E-state index contributed by atoms with van der Waals surface area (Å²) in [5.41, 5.74) is -1.99. The molecule has 1 aliphatic heterocycles. The summed E-state index contributed by atoms with van der Waals surface area (Å²) in [6.07, 6.45) is 1.20. The minimum absolute atomic E-state index is 0.179. The van der Waals surface area contributed by atoms with Crippen molar-refractivity contribution in [1.29, 1.82) is 0 Å². The Labute approximate surface area is 100.0 Å². The molecule has 1 rings (SSSR count). The Hall–Kier alpha value is -1.14. The van der Waals surface area contributed by atoms with Gasteiger partial charge in [0.1, 0.15) is 0 Å². The second-order valence-electron chi connectivity index (χ2n) is 4.19. The molecule has 0 aromatic heterocycles. The van der Waals surface area contributed by atoms with Crippen LogP contribution in [0.4, 0.5) is 0 Å². The van der Waals surface area contributed by atoms with Gasteiger partial charge in [0.25, 0.3) is 0 Å². The zero-order valence-electron chi connectivity index (χ0n) is 9.94. The van der Waals surface area contributed by atoms with E-state index in [0.29, 0.717) is 19.4 Å². The first kappa shape index (κ1) is 13.9. The van der Waals surface area contributed by atoms with Gasteiger partial charge >= 0.3 is 11.9 Å². The minimum atomic E-state index is -1.99. The van der Waals surface area contributed by atoms with Gasteiger partial charge in [-0.2, -0.15) is 0 Å². The van der Waals surface area contributed by atoms with E-state index in [1.54, 1.807) is 0 Å². The van der Waals surface area contributed by atoms with Crippen LogP contribution in [0.25, 0.3) is 0 Å². The van der Waals surface area contributed by atoms with E-state index in [1.165, 1.54) is 0 Å². The summed E-state index contributed by atoms with van der Waals surface area (Å²) in [6, 6.07) is 0. The van der Waals surface area contributed by atoms with E-state index in [-0.39, 0.29) is 13.0 Å². The Balaban J connectivity index is 2.76. The molecule has 0 saturated carbocycles. The zero-order valence-corrected chi connectivity index (χ0v) is 9.94. The van der Waals surface area contributed by atoms with Gasteiger partial charge in [0, 0.05) is 0 Å². The second-order valence-corrected chi connectivity index (χ2v) is 4.19. The fourth-order valence-corrected chi connectivity index (χ4v) is 1.85. The molecule has 0 aromatic rings. The molecule has 2 unspecified atom stereocenters. The number of rotatable bonds is 5. The summed E-state index contributed by atoms with van der Waals surface area (Å²) in [6.45, 7) is 2.50. The minimum Gasteiger partial charge on any atom is -0.479 e. The van der Waals surface area contributed by atoms with Crippen molar-refractivity contribution in [2.24, 2.45) is 0 Å². The van der Waals surface area contributed by atoms with E-state index < -0.39 is 23.6 Å². The Morgan fingerprint density at radius 3 is 2.76 bits per heavy atom. The van der Waals surface area contributed by atoms with Crippen LogP contribution in [0, 0.1) is 0 Å². The van der Waals surface area contributed by atoms with Gasteiger partial charge in [-0.3, -0.25) is 5.32 Å². The summed E-state index contributed by atoms with van der Waals surface area (Å²) < 4.78 is 4.91. The van der Waals surface area contributed by atoms with Crippen molar-refractivity contribution in [3.63, 3.8) is 0 Å². The summed E-state index contributed by atoms with van der Waals surface area (Å²) in [4.78, 5) is 23.1. The lowest BCUT2D eigenvalue weighted by Gasteiger charge is -2.36. The van der Waals surface area contributed by atoms with Crippen molar-refractivity contribution in [2.45, 2.75) is 44.2 Å². The molecule has 1 heterocycles. The summed E-state index contributed by atoms with van der Waals surface area (Å²) >= 11 is 0. The molecule has 0 amide bonds. The van der Waals surface area contributed by atoms with Gasteiger partial charge in [-0.1, -0.05) is 13.3 Å². The van der Waals surface area contributed by atoms with Gasteiger partial charge in [-0.25, -0.2) is 9.59 Å². The van der Waals surface area contributed by atoms with Crippen molar-refractivity contribution >= 4 is 11.9 Å². The smallest absolute Gasteiger partial charge is 0.340 e. The number of unbranched alkanes of at least 4 members (excludes halogenated alkanes) is 1. The van der Waals surface area contributed by atoms with Crippen LogP contribution in [0.5, 0.6) is 0 Å². The molecule has 6 nitrogen and oxygen atoms in total. The monoisotopic (exact) mass is 245 g/mol. The number of aliphatic hydroxyl groups excluding tert-OH is 1.